The van der Waals surface area contributed by atoms with Crippen LogP contribution >= 0.6 is 24.0 Å². The van der Waals surface area contributed by atoms with Crippen LogP contribution in [0.5, 0.6) is 0 Å². The van der Waals surface area contributed by atoms with Gasteiger partial charge in [0, 0.05) is 44.2 Å². The highest BCUT2D eigenvalue weighted by Crippen LogP contribution is 2.26. The number of guanidine groups is 1. The Morgan fingerprint density at radius 3 is 2.37 bits per heavy atom. The Kier molecular flexibility index (Phi) is 11.8. The Morgan fingerprint density at radius 2 is 1.70 bits per heavy atom. The van der Waals surface area contributed by atoms with Crippen LogP contribution in [0.1, 0.15) is 77.6 Å². The SMILES string of the molecule is CCNC(=NCCN(C)C1CCCCC1)NC1CCN(C(=O)C2CCCCC2)C1.I. The van der Waals surface area contributed by atoms with Crippen LogP contribution in [0.25, 0.3) is 0 Å². The maximum absolute atomic E-state index is 12.8. The summed E-state index contributed by atoms with van der Waals surface area (Å²) in [6.45, 7) is 6.51. The molecule has 1 amide bonds. The number of nitrogens with one attached hydrogen (secondary N) is 2. The smallest absolute Gasteiger partial charge is 0.225 e. The zero-order valence-corrected chi connectivity index (χ0v) is 21.5. The first kappa shape index (κ1) is 25.7. The predicted molar refractivity (Wildman–Crippen MR) is 136 cm³/mol. The number of nitrogens with zero attached hydrogens (tertiary/aromatic N) is 3. The van der Waals surface area contributed by atoms with Crippen LogP contribution in [-0.4, -0.2) is 73.5 Å². The van der Waals surface area contributed by atoms with E-state index in [1.165, 1.54) is 51.4 Å². The lowest BCUT2D eigenvalue weighted by Gasteiger charge is -2.30. The van der Waals surface area contributed by atoms with Crippen molar-refractivity contribution >= 4 is 35.8 Å². The van der Waals surface area contributed by atoms with Crippen molar-refractivity contribution in [2.45, 2.75) is 89.6 Å². The van der Waals surface area contributed by atoms with E-state index in [2.05, 4.69) is 34.4 Å². The summed E-state index contributed by atoms with van der Waals surface area (Å²) < 4.78 is 0. The Bertz CT molecular complexity index is 532. The van der Waals surface area contributed by atoms with E-state index in [1.54, 1.807) is 0 Å². The summed E-state index contributed by atoms with van der Waals surface area (Å²) in [6.07, 6.45) is 13.8. The van der Waals surface area contributed by atoms with E-state index in [-0.39, 0.29) is 29.9 Å². The van der Waals surface area contributed by atoms with Gasteiger partial charge in [0.1, 0.15) is 0 Å². The second-order valence-electron chi connectivity index (χ2n) is 9.28. The molecule has 7 heteroatoms. The largest absolute Gasteiger partial charge is 0.357 e. The fourth-order valence-electron chi connectivity index (χ4n) is 5.22. The normalized spacial score (nSPS) is 24.0. The summed E-state index contributed by atoms with van der Waals surface area (Å²) in [4.78, 5) is 22.2. The molecule has 3 fully saturated rings. The van der Waals surface area contributed by atoms with Crippen molar-refractivity contribution in [2.24, 2.45) is 10.9 Å². The van der Waals surface area contributed by atoms with Crippen molar-refractivity contribution < 1.29 is 4.79 Å². The first-order valence-electron chi connectivity index (χ1n) is 12.2. The number of carbonyl (C=O) groups is 1. The fourth-order valence-corrected chi connectivity index (χ4v) is 5.22. The summed E-state index contributed by atoms with van der Waals surface area (Å²) in [5.74, 6) is 1.58. The molecule has 2 saturated carbocycles. The quantitative estimate of drug-likeness (QED) is 0.298. The zero-order chi connectivity index (χ0) is 20.5. The Labute approximate surface area is 201 Å². The minimum atomic E-state index is 0. The highest BCUT2D eigenvalue weighted by molar-refractivity contribution is 14.0. The molecule has 0 bridgehead atoms. The number of hydrogen-bond acceptors (Lipinski definition) is 3. The van der Waals surface area contributed by atoms with Crippen LogP contribution in [0.4, 0.5) is 0 Å². The van der Waals surface area contributed by atoms with Crippen LogP contribution in [0.3, 0.4) is 0 Å². The van der Waals surface area contributed by atoms with E-state index in [4.69, 9.17) is 4.99 Å². The Morgan fingerprint density at radius 1 is 1.03 bits per heavy atom. The van der Waals surface area contributed by atoms with Crippen molar-refractivity contribution in [1.29, 1.82) is 0 Å². The van der Waals surface area contributed by atoms with Crippen molar-refractivity contribution in [2.75, 3.05) is 39.8 Å². The number of amides is 1. The first-order valence-corrected chi connectivity index (χ1v) is 12.2. The highest BCUT2D eigenvalue weighted by Gasteiger charge is 2.31. The van der Waals surface area contributed by atoms with Crippen LogP contribution in [0.2, 0.25) is 0 Å². The van der Waals surface area contributed by atoms with Gasteiger partial charge in [-0.15, -0.1) is 24.0 Å². The maximum Gasteiger partial charge on any atom is 0.225 e. The van der Waals surface area contributed by atoms with E-state index in [1.807, 2.05) is 0 Å². The number of likely N-dealkylation sites (tertiary alicyclic amines) is 1. The molecule has 0 radical (unpaired) electrons. The second kappa shape index (κ2) is 13.8. The summed E-state index contributed by atoms with van der Waals surface area (Å²) in [6, 6.07) is 1.06. The van der Waals surface area contributed by atoms with Crippen molar-refractivity contribution in [3.05, 3.63) is 0 Å². The minimum absolute atomic E-state index is 0. The lowest BCUT2D eigenvalue weighted by atomic mass is 9.88. The summed E-state index contributed by atoms with van der Waals surface area (Å²) in [5, 5.41) is 6.97. The van der Waals surface area contributed by atoms with Gasteiger partial charge in [0.2, 0.25) is 5.91 Å². The van der Waals surface area contributed by atoms with E-state index in [9.17, 15) is 4.79 Å². The van der Waals surface area contributed by atoms with Crippen molar-refractivity contribution in [3.8, 4) is 0 Å². The number of hydrogen-bond donors (Lipinski definition) is 2. The van der Waals surface area contributed by atoms with Gasteiger partial charge in [-0.3, -0.25) is 9.79 Å². The Balaban J connectivity index is 0.00000320. The van der Waals surface area contributed by atoms with E-state index < -0.39 is 0 Å². The van der Waals surface area contributed by atoms with Gasteiger partial charge in [-0.2, -0.15) is 0 Å². The van der Waals surface area contributed by atoms with Gasteiger partial charge in [0.25, 0.3) is 0 Å². The first-order chi connectivity index (χ1) is 14.2. The predicted octanol–water partition coefficient (Wildman–Crippen LogP) is 3.61. The number of halogens is 1. The van der Waals surface area contributed by atoms with Crippen molar-refractivity contribution in [3.63, 3.8) is 0 Å². The molecule has 1 heterocycles. The molecule has 1 aliphatic heterocycles. The third-order valence-corrected chi connectivity index (χ3v) is 7.06. The average molecular weight is 534 g/mol. The minimum Gasteiger partial charge on any atom is -0.357 e. The molecular weight excluding hydrogens is 489 g/mol. The van der Waals surface area contributed by atoms with Gasteiger partial charge in [-0.05, 0) is 46.1 Å². The highest BCUT2D eigenvalue weighted by atomic mass is 127. The summed E-state index contributed by atoms with van der Waals surface area (Å²) in [5.41, 5.74) is 0. The van der Waals surface area contributed by atoms with Gasteiger partial charge in [0.05, 0.1) is 6.54 Å². The average Bonchev–Trinajstić information content (AvgIpc) is 3.23. The third kappa shape index (κ3) is 7.84. The molecule has 1 unspecified atom stereocenters. The van der Waals surface area contributed by atoms with E-state index >= 15 is 0 Å². The lowest BCUT2D eigenvalue weighted by Crippen LogP contribution is -2.46. The van der Waals surface area contributed by atoms with Gasteiger partial charge in [-0.1, -0.05) is 38.5 Å². The topological polar surface area (TPSA) is 60.0 Å². The van der Waals surface area contributed by atoms with Crippen LogP contribution in [-0.2, 0) is 4.79 Å². The molecule has 0 spiro atoms. The summed E-state index contributed by atoms with van der Waals surface area (Å²) in [7, 11) is 2.25. The molecular formula is C23H44IN5O. The molecule has 1 atom stereocenters. The number of aliphatic imine (C=N–C) groups is 1. The van der Waals surface area contributed by atoms with Gasteiger partial charge in [0.15, 0.2) is 5.96 Å². The van der Waals surface area contributed by atoms with Crippen molar-refractivity contribution in [1.82, 2.24) is 20.4 Å². The molecule has 30 heavy (non-hydrogen) atoms. The Hall–Kier alpha value is -0.570. The van der Waals surface area contributed by atoms with Crippen LogP contribution in [0.15, 0.2) is 4.99 Å². The third-order valence-electron chi connectivity index (χ3n) is 7.06. The molecule has 2 N–H and O–H groups in total. The molecule has 174 valence electrons. The molecule has 0 aromatic carbocycles. The second-order valence-corrected chi connectivity index (χ2v) is 9.28. The van der Waals surface area contributed by atoms with Gasteiger partial charge < -0.3 is 20.4 Å². The molecule has 6 nitrogen and oxygen atoms in total. The molecule has 0 aromatic heterocycles. The number of carbonyl (C=O) groups excluding carboxylic acids is 1. The fraction of sp³-hybridized carbons (Fsp3) is 0.913. The standard InChI is InChI=1S/C23H43N5O.HI/c1-3-24-23(25-15-17-27(2)21-12-8-5-9-13-21)26-20-14-16-28(18-20)22(29)19-10-6-4-7-11-19;/h19-21H,3-18H2,1-2H3,(H2,24,25,26);1H. The zero-order valence-electron chi connectivity index (χ0n) is 19.2. The monoisotopic (exact) mass is 533 g/mol. The van der Waals surface area contributed by atoms with Gasteiger partial charge >= 0.3 is 0 Å². The van der Waals surface area contributed by atoms with E-state index in [0.29, 0.717) is 11.9 Å². The molecule has 1 saturated heterocycles. The van der Waals surface area contributed by atoms with Crippen LogP contribution in [0, 0.1) is 5.92 Å². The molecule has 2 aliphatic carbocycles. The van der Waals surface area contributed by atoms with E-state index in [0.717, 1.165) is 64.0 Å². The number of rotatable bonds is 7. The van der Waals surface area contributed by atoms with Crippen LogP contribution < -0.4 is 10.6 Å². The number of likely N-dealkylation sites (N-methyl/N-ethyl adjacent to an activating group) is 1. The maximum atomic E-state index is 12.8. The molecule has 3 aliphatic rings. The molecule has 0 aromatic rings. The summed E-state index contributed by atoms with van der Waals surface area (Å²) >= 11 is 0. The van der Waals surface area contributed by atoms with Gasteiger partial charge in [-0.25, -0.2) is 0 Å². The molecule has 3 rings (SSSR count). The lowest BCUT2D eigenvalue weighted by molar-refractivity contribution is -0.135.